The first-order valence-electron chi connectivity index (χ1n) is 12.8. The molecular weight excluding hydrogens is 544 g/mol. The fourth-order valence-electron chi connectivity index (χ4n) is 4.52. The highest BCUT2D eigenvalue weighted by Crippen LogP contribution is 2.23. The number of carbonyl (C=O) groups excluding carboxylic acids is 2. The summed E-state index contributed by atoms with van der Waals surface area (Å²) in [5.41, 5.74) is 6.92. The van der Waals surface area contributed by atoms with Crippen molar-refractivity contribution in [2.45, 2.75) is 32.7 Å². The molecule has 1 aliphatic heterocycles. The highest BCUT2D eigenvalue weighted by Gasteiger charge is 2.19. The molecule has 0 spiro atoms. The molecule has 0 aromatic heterocycles. The Labute approximate surface area is 232 Å². The van der Waals surface area contributed by atoms with Gasteiger partial charge in [0.2, 0.25) is 0 Å². The lowest BCUT2D eigenvalue weighted by Crippen LogP contribution is -2.33. The number of carbonyl (C=O) groups is 2. The van der Waals surface area contributed by atoms with Crippen molar-refractivity contribution in [3.63, 3.8) is 0 Å². The van der Waals surface area contributed by atoms with Crippen LogP contribution in [0.1, 0.15) is 56.7 Å². The lowest BCUT2D eigenvalue weighted by atomic mass is 9.93. The zero-order valence-electron chi connectivity index (χ0n) is 21.5. The van der Waals surface area contributed by atoms with Crippen LogP contribution in [-0.2, 0) is 6.54 Å². The number of nitrogens with zero attached hydrogens (tertiary/aromatic N) is 2. The van der Waals surface area contributed by atoms with Crippen LogP contribution >= 0.6 is 15.9 Å². The van der Waals surface area contributed by atoms with Crippen LogP contribution in [0.4, 0.5) is 5.69 Å². The molecule has 1 saturated heterocycles. The van der Waals surface area contributed by atoms with Gasteiger partial charge in [-0.3, -0.25) is 14.5 Å². The number of likely N-dealkylation sites (tertiary alicyclic amines) is 1. The largest absolute Gasteiger partial charge is 0.396 e. The Bertz CT molecular complexity index is 1270. The highest BCUT2D eigenvalue weighted by atomic mass is 79.9. The molecule has 1 aliphatic rings. The van der Waals surface area contributed by atoms with Crippen molar-refractivity contribution in [2.24, 2.45) is 11.0 Å². The Morgan fingerprint density at radius 2 is 1.74 bits per heavy atom. The second-order valence-electron chi connectivity index (χ2n) is 9.68. The first-order valence-corrected chi connectivity index (χ1v) is 13.6. The maximum absolute atomic E-state index is 13.0. The SMILES string of the molecule is Cc1ccc(C=NNC(=O)c2cc(Br)ccc2NC(=O)c2ccc(CN3CCC(CCO)CC3)cc2)cc1. The number of halogens is 1. The molecule has 4 rings (SSSR count). The molecule has 1 heterocycles. The van der Waals surface area contributed by atoms with Gasteiger partial charge < -0.3 is 10.4 Å². The van der Waals surface area contributed by atoms with Gasteiger partial charge in [0.15, 0.2) is 0 Å². The summed E-state index contributed by atoms with van der Waals surface area (Å²) in [6.45, 7) is 5.16. The Balaban J connectivity index is 1.36. The molecular formula is C30H33BrN4O3. The molecule has 0 aliphatic carbocycles. The number of aliphatic hydroxyl groups excluding tert-OH is 1. The van der Waals surface area contributed by atoms with E-state index in [-0.39, 0.29) is 12.5 Å². The van der Waals surface area contributed by atoms with E-state index in [4.69, 9.17) is 5.11 Å². The predicted molar refractivity (Wildman–Crippen MR) is 154 cm³/mol. The summed E-state index contributed by atoms with van der Waals surface area (Å²) in [4.78, 5) is 28.3. The first-order chi connectivity index (χ1) is 18.4. The molecule has 7 nitrogen and oxygen atoms in total. The molecule has 0 unspecified atom stereocenters. The Hall–Kier alpha value is -3.33. The quantitative estimate of drug-likeness (QED) is 0.236. The standard InChI is InChI=1S/C30H33BrN4O3/c1-21-2-4-23(5-3-21)19-32-34-30(38)27-18-26(31)10-11-28(27)33-29(37)25-8-6-24(7-9-25)20-35-15-12-22(13-16-35)14-17-36/h2-11,18-19,22,36H,12-17,20H2,1H3,(H,33,37)(H,34,38). The molecule has 3 aromatic carbocycles. The van der Waals surface area contributed by atoms with Gasteiger partial charge in [-0.05, 0) is 86.7 Å². The van der Waals surface area contributed by atoms with E-state index in [1.807, 2.05) is 55.5 Å². The fraction of sp³-hybridized carbons (Fsp3) is 0.300. The Morgan fingerprint density at radius 3 is 2.42 bits per heavy atom. The molecule has 38 heavy (non-hydrogen) atoms. The molecule has 3 aromatic rings. The van der Waals surface area contributed by atoms with Crippen LogP contribution in [0.25, 0.3) is 0 Å². The summed E-state index contributed by atoms with van der Waals surface area (Å²) in [5, 5.41) is 16.1. The van der Waals surface area contributed by atoms with E-state index >= 15 is 0 Å². The number of rotatable bonds is 9. The van der Waals surface area contributed by atoms with Crippen LogP contribution in [0.3, 0.4) is 0 Å². The van der Waals surface area contributed by atoms with Crippen molar-refractivity contribution in [3.05, 3.63) is 99.0 Å². The maximum Gasteiger partial charge on any atom is 0.273 e. The summed E-state index contributed by atoms with van der Waals surface area (Å²) in [6, 6.07) is 20.5. The first kappa shape index (κ1) is 27.7. The minimum absolute atomic E-state index is 0.266. The van der Waals surface area contributed by atoms with Crippen LogP contribution in [0, 0.1) is 12.8 Å². The zero-order chi connectivity index (χ0) is 26.9. The second kappa shape index (κ2) is 13.5. The van der Waals surface area contributed by atoms with E-state index in [9.17, 15) is 9.59 Å². The van der Waals surface area contributed by atoms with Gasteiger partial charge in [-0.1, -0.05) is 57.9 Å². The number of aliphatic hydroxyl groups is 1. The lowest BCUT2D eigenvalue weighted by Gasteiger charge is -2.31. The molecule has 1 fully saturated rings. The molecule has 0 saturated carbocycles. The van der Waals surface area contributed by atoms with Gasteiger partial charge in [0, 0.05) is 23.2 Å². The number of nitrogens with one attached hydrogen (secondary N) is 2. The number of piperidine rings is 1. The van der Waals surface area contributed by atoms with Crippen molar-refractivity contribution in [2.75, 3.05) is 25.0 Å². The highest BCUT2D eigenvalue weighted by molar-refractivity contribution is 9.10. The average Bonchev–Trinajstić information content (AvgIpc) is 2.92. The molecule has 0 bridgehead atoms. The van der Waals surface area contributed by atoms with Crippen molar-refractivity contribution in [1.82, 2.24) is 10.3 Å². The molecule has 0 radical (unpaired) electrons. The second-order valence-corrected chi connectivity index (χ2v) is 10.6. The Morgan fingerprint density at radius 1 is 1.03 bits per heavy atom. The summed E-state index contributed by atoms with van der Waals surface area (Å²) < 4.78 is 0.716. The average molecular weight is 578 g/mol. The number of amides is 2. The number of benzene rings is 3. The minimum Gasteiger partial charge on any atom is -0.396 e. The van der Waals surface area contributed by atoms with E-state index in [0.29, 0.717) is 27.2 Å². The third-order valence-corrected chi connectivity index (χ3v) is 7.29. The van der Waals surface area contributed by atoms with Gasteiger partial charge in [0.25, 0.3) is 11.8 Å². The van der Waals surface area contributed by atoms with Crippen molar-refractivity contribution >= 4 is 39.6 Å². The van der Waals surface area contributed by atoms with Gasteiger partial charge in [-0.2, -0.15) is 5.10 Å². The number of anilines is 1. The molecule has 2 amide bonds. The number of hydrogen-bond donors (Lipinski definition) is 3. The monoisotopic (exact) mass is 576 g/mol. The van der Waals surface area contributed by atoms with Crippen molar-refractivity contribution in [3.8, 4) is 0 Å². The van der Waals surface area contributed by atoms with Crippen LogP contribution < -0.4 is 10.7 Å². The summed E-state index contributed by atoms with van der Waals surface area (Å²) in [6.07, 6.45) is 4.69. The van der Waals surface area contributed by atoms with Gasteiger partial charge in [-0.25, -0.2) is 5.43 Å². The van der Waals surface area contributed by atoms with Gasteiger partial charge in [0.05, 0.1) is 17.5 Å². The van der Waals surface area contributed by atoms with Gasteiger partial charge in [0.1, 0.15) is 0 Å². The van der Waals surface area contributed by atoms with Crippen molar-refractivity contribution in [1.29, 1.82) is 0 Å². The van der Waals surface area contributed by atoms with Gasteiger partial charge >= 0.3 is 0 Å². The molecule has 0 atom stereocenters. The molecule has 8 heteroatoms. The van der Waals surface area contributed by atoms with E-state index in [2.05, 4.69) is 36.7 Å². The third-order valence-electron chi connectivity index (χ3n) is 6.80. The Kier molecular flexibility index (Phi) is 9.81. The summed E-state index contributed by atoms with van der Waals surface area (Å²) >= 11 is 3.40. The number of hydrazone groups is 1. The molecule has 198 valence electrons. The smallest absolute Gasteiger partial charge is 0.273 e. The van der Waals surface area contributed by atoms with E-state index in [0.717, 1.165) is 55.6 Å². The van der Waals surface area contributed by atoms with Crippen LogP contribution in [0.15, 0.2) is 76.3 Å². The van der Waals surface area contributed by atoms with Crippen LogP contribution in [0.2, 0.25) is 0 Å². The minimum atomic E-state index is -0.428. The van der Waals surface area contributed by atoms with Crippen molar-refractivity contribution < 1.29 is 14.7 Å². The normalized spacial score (nSPS) is 14.5. The van der Waals surface area contributed by atoms with E-state index < -0.39 is 5.91 Å². The van der Waals surface area contributed by atoms with Crippen LogP contribution in [-0.4, -0.2) is 47.7 Å². The number of aryl methyl sites for hydroxylation is 1. The van der Waals surface area contributed by atoms with Gasteiger partial charge in [-0.15, -0.1) is 0 Å². The van der Waals surface area contributed by atoms with E-state index in [1.165, 1.54) is 0 Å². The van der Waals surface area contributed by atoms with E-state index in [1.54, 1.807) is 24.4 Å². The summed E-state index contributed by atoms with van der Waals surface area (Å²) in [7, 11) is 0. The predicted octanol–water partition coefficient (Wildman–Crippen LogP) is 5.37. The zero-order valence-corrected chi connectivity index (χ0v) is 23.1. The third kappa shape index (κ3) is 7.84. The lowest BCUT2D eigenvalue weighted by molar-refractivity contribution is 0.0956. The fourth-order valence-corrected chi connectivity index (χ4v) is 4.88. The summed E-state index contributed by atoms with van der Waals surface area (Å²) in [5.74, 6) is -0.100. The number of hydrogen-bond acceptors (Lipinski definition) is 5. The maximum atomic E-state index is 13.0. The topological polar surface area (TPSA) is 94.0 Å². The van der Waals surface area contributed by atoms with Crippen LogP contribution in [0.5, 0.6) is 0 Å². The molecule has 3 N–H and O–H groups in total.